The molecule has 0 spiro atoms. The molecule has 0 amide bonds. The highest BCUT2D eigenvalue weighted by atomic mass is 35.5. The van der Waals surface area contributed by atoms with Crippen LogP contribution in [0.25, 0.3) is 10.6 Å². The van der Waals surface area contributed by atoms with Crippen LogP contribution in [0, 0.1) is 0 Å². The van der Waals surface area contributed by atoms with Crippen LogP contribution in [0.1, 0.15) is 11.3 Å². The largest absolute Gasteiger partial charge is 0.489 e. The molecule has 0 saturated heterocycles. The third kappa shape index (κ3) is 4.72. The van der Waals surface area contributed by atoms with E-state index in [1.54, 1.807) is 17.5 Å². The van der Waals surface area contributed by atoms with Crippen LogP contribution in [0.3, 0.4) is 0 Å². The van der Waals surface area contributed by atoms with E-state index in [4.69, 9.17) is 33.0 Å². The van der Waals surface area contributed by atoms with Gasteiger partial charge in [-0.2, -0.15) is 0 Å². The molecule has 2 aromatic carbocycles. The summed E-state index contributed by atoms with van der Waals surface area (Å²) >= 11 is 13.4. The van der Waals surface area contributed by atoms with Crippen molar-refractivity contribution in [2.45, 2.75) is 13.0 Å². The number of carbonyl (C=O) groups is 1. The van der Waals surface area contributed by atoms with Crippen molar-refractivity contribution in [1.29, 1.82) is 0 Å². The fraction of sp³-hybridized carbons (Fsp3) is 0.111. The molecular weight excluding hydrogens is 381 g/mol. The van der Waals surface area contributed by atoms with Crippen LogP contribution in [0.2, 0.25) is 10.0 Å². The first kappa shape index (κ1) is 17.7. The number of ether oxygens (including phenoxy) is 1. The van der Waals surface area contributed by atoms with Gasteiger partial charge in [0.2, 0.25) is 0 Å². The highest BCUT2D eigenvalue weighted by Gasteiger charge is 2.09. The second-order valence-corrected chi connectivity index (χ2v) is 6.97. The molecule has 1 N–H and O–H groups in total. The number of thiazole rings is 1. The molecule has 0 radical (unpaired) electrons. The molecule has 1 heterocycles. The van der Waals surface area contributed by atoms with Crippen LogP contribution >= 0.6 is 34.5 Å². The second kappa shape index (κ2) is 7.87. The molecule has 1 aromatic heterocycles. The first-order chi connectivity index (χ1) is 12.0. The minimum Gasteiger partial charge on any atom is -0.489 e. The zero-order valence-electron chi connectivity index (χ0n) is 12.9. The van der Waals surface area contributed by atoms with Crippen LogP contribution in [0.4, 0.5) is 0 Å². The van der Waals surface area contributed by atoms with Gasteiger partial charge in [-0.25, -0.2) is 4.98 Å². The Kier molecular flexibility index (Phi) is 5.58. The molecule has 4 nitrogen and oxygen atoms in total. The average Bonchev–Trinajstić information content (AvgIpc) is 3.02. The Hall–Kier alpha value is -2.08. The molecule has 0 fully saturated rings. The molecule has 25 heavy (non-hydrogen) atoms. The van der Waals surface area contributed by atoms with Gasteiger partial charge in [-0.15, -0.1) is 11.3 Å². The summed E-state index contributed by atoms with van der Waals surface area (Å²) < 4.78 is 5.80. The molecule has 0 aliphatic rings. The number of carboxylic acid groups (broad SMARTS) is 1. The van der Waals surface area contributed by atoms with E-state index >= 15 is 0 Å². The van der Waals surface area contributed by atoms with E-state index in [0.717, 1.165) is 16.1 Å². The maximum absolute atomic E-state index is 10.8. The summed E-state index contributed by atoms with van der Waals surface area (Å²) in [6, 6.07) is 12.8. The van der Waals surface area contributed by atoms with E-state index in [2.05, 4.69) is 4.98 Å². The van der Waals surface area contributed by atoms with Gasteiger partial charge in [-0.1, -0.05) is 41.4 Å². The van der Waals surface area contributed by atoms with E-state index in [1.165, 1.54) is 11.3 Å². The minimum atomic E-state index is -0.895. The number of hydrogen-bond donors (Lipinski definition) is 1. The minimum absolute atomic E-state index is 0.0816. The number of hydrogen-bond acceptors (Lipinski definition) is 4. The number of aromatic nitrogens is 1. The predicted molar refractivity (Wildman–Crippen MR) is 99.7 cm³/mol. The molecule has 0 aliphatic heterocycles. The van der Waals surface area contributed by atoms with E-state index in [9.17, 15) is 4.79 Å². The Bertz CT molecular complexity index is 911. The monoisotopic (exact) mass is 393 g/mol. The van der Waals surface area contributed by atoms with Crippen molar-refractivity contribution in [1.82, 2.24) is 4.98 Å². The van der Waals surface area contributed by atoms with Gasteiger partial charge in [-0.3, -0.25) is 4.79 Å². The topological polar surface area (TPSA) is 59.4 Å². The van der Waals surface area contributed by atoms with E-state index in [-0.39, 0.29) is 6.42 Å². The molecule has 0 atom stereocenters. The molecule has 128 valence electrons. The highest BCUT2D eigenvalue weighted by Crippen LogP contribution is 2.28. The van der Waals surface area contributed by atoms with Crippen molar-refractivity contribution in [3.05, 3.63) is 69.1 Å². The van der Waals surface area contributed by atoms with Crippen molar-refractivity contribution < 1.29 is 14.6 Å². The number of nitrogens with zero attached hydrogens (tertiary/aromatic N) is 1. The van der Waals surface area contributed by atoms with E-state index < -0.39 is 5.97 Å². The molecule has 0 bridgehead atoms. The average molecular weight is 394 g/mol. The van der Waals surface area contributed by atoms with E-state index in [1.807, 2.05) is 30.3 Å². The van der Waals surface area contributed by atoms with Crippen LogP contribution in [-0.4, -0.2) is 16.1 Å². The molecule has 3 rings (SSSR count). The van der Waals surface area contributed by atoms with Crippen molar-refractivity contribution in [3.8, 4) is 16.3 Å². The third-order valence-electron chi connectivity index (χ3n) is 3.37. The zero-order chi connectivity index (χ0) is 17.8. The van der Waals surface area contributed by atoms with Gasteiger partial charge in [0.1, 0.15) is 17.4 Å². The first-order valence-corrected chi connectivity index (χ1v) is 8.98. The lowest BCUT2D eigenvalue weighted by Gasteiger charge is -2.09. The van der Waals surface area contributed by atoms with Crippen LogP contribution in [0.15, 0.2) is 47.8 Å². The molecule has 0 aliphatic carbocycles. The van der Waals surface area contributed by atoms with Gasteiger partial charge < -0.3 is 9.84 Å². The van der Waals surface area contributed by atoms with Crippen LogP contribution < -0.4 is 4.74 Å². The molecule has 3 aromatic rings. The zero-order valence-corrected chi connectivity index (χ0v) is 15.2. The predicted octanol–water partition coefficient (Wildman–Crippen LogP) is 5.32. The van der Waals surface area contributed by atoms with Gasteiger partial charge in [0.25, 0.3) is 0 Å². The lowest BCUT2D eigenvalue weighted by atomic mass is 10.2. The number of benzene rings is 2. The van der Waals surface area contributed by atoms with Crippen molar-refractivity contribution >= 4 is 40.5 Å². The lowest BCUT2D eigenvalue weighted by Crippen LogP contribution is -1.99. The van der Waals surface area contributed by atoms with Gasteiger partial charge in [0.15, 0.2) is 0 Å². The van der Waals surface area contributed by atoms with Crippen LogP contribution in [-0.2, 0) is 17.8 Å². The highest BCUT2D eigenvalue weighted by molar-refractivity contribution is 7.13. The number of rotatable bonds is 6. The summed E-state index contributed by atoms with van der Waals surface area (Å²) in [4.78, 5) is 15.1. The first-order valence-electron chi connectivity index (χ1n) is 7.34. The van der Waals surface area contributed by atoms with Gasteiger partial charge in [-0.05, 0) is 24.3 Å². The van der Waals surface area contributed by atoms with Crippen molar-refractivity contribution in [2.24, 2.45) is 0 Å². The SMILES string of the molecule is O=C(O)Cc1csc(-c2cccc(OCc3ccc(Cl)cc3Cl)c2)n1. The fourth-order valence-electron chi connectivity index (χ4n) is 2.19. The quantitative estimate of drug-likeness (QED) is 0.615. The van der Waals surface area contributed by atoms with Gasteiger partial charge in [0, 0.05) is 26.6 Å². The third-order valence-corrected chi connectivity index (χ3v) is 4.90. The summed E-state index contributed by atoms with van der Waals surface area (Å²) in [6.45, 7) is 0.321. The Labute approximate surface area is 158 Å². The molecule has 7 heteroatoms. The standard InChI is InChI=1S/C18H13Cl2NO3S/c19-13-5-4-12(16(20)7-13)9-24-15-3-1-2-11(6-15)18-21-14(10-25-18)8-17(22)23/h1-7,10H,8-9H2,(H,22,23). The van der Waals surface area contributed by atoms with Gasteiger partial charge in [0.05, 0.1) is 12.1 Å². The Morgan fingerprint density at radius 2 is 2.04 bits per heavy atom. The summed E-state index contributed by atoms with van der Waals surface area (Å²) in [5.41, 5.74) is 2.27. The maximum Gasteiger partial charge on any atom is 0.309 e. The summed E-state index contributed by atoms with van der Waals surface area (Å²) in [6.07, 6.45) is -0.0816. The smallest absolute Gasteiger partial charge is 0.309 e. The van der Waals surface area contributed by atoms with Crippen LogP contribution in [0.5, 0.6) is 5.75 Å². The Morgan fingerprint density at radius 1 is 1.20 bits per heavy atom. The molecule has 0 unspecified atom stereocenters. The number of aliphatic carboxylic acids is 1. The normalized spacial score (nSPS) is 10.6. The Balaban J connectivity index is 1.73. The van der Waals surface area contributed by atoms with Gasteiger partial charge >= 0.3 is 5.97 Å². The lowest BCUT2D eigenvalue weighted by molar-refractivity contribution is -0.136. The molecular formula is C18H13Cl2NO3S. The summed E-state index contributed by atoms with van der Waals surface area (Å²) in [5.74, 6) is -0.215. The summed E-state index contributed by atoms with van der Waals surface area (Å²) in [7, 11) is 0. The van der Waals surface area contributed by atoms with Crippen molar-refractivity contribution in [2.75, 3.05) is 0 Å². The van der Waals surface area contributed by atoms with Crippen molar-refractivity contribution in [3.63, 3.8) is 0 Å². The molecule has 0 saturated carbocycles. The fourth-order valence-corrected chi connectivity index (χ4v) is 3.47. The van der Waals surface area contributed by atoms with E-state index in [0.29, 0.717) is 28.1 Å². The maximum atomic E-state index is 10.8. The number of halogens is 2. The number of carboxylic acids is 1. The second-order valence-electron chi connectivity index (χ2n) is 5.27. The Morgan fingerprint density at radius 3 is 2.80 bits per heavy atom. The summed E-state index contributed by atoms with van der Waals surface area (Å²) in [5, 5.41) is 12.5.